The van der Waals surface area contributed by atoms with Crippen molar-refractivity contribution in [2.24, 2.45) is 0 Å². The van der Waals surface area contributed by atoms with Gasteiger partial charge in [-0.2, -0.15) is 0 Å². The van der Waals surface area contributed by atoms with Crippen molar-refractivity contribution in [3.05, 3.63) is 58.3 Å². The zero-order valence-corrected chi connectivity index (χ0v) is 13.5. The second kappa shape index (κ2) is 6.29. The van der Waals surface area contributed by atoms with E-state index in [-0.39, 0.29) is 5.91 Å². The number of hydrogen-bond donors (Lipinski definition) is 2. The summed E-state index contributed by atoms with van der Waals surface area (Å²) in [4.78, 5) is 19.8. The summed E-state index contributed by atoms with van der Waals surface area (Å²) in [5.41, 5.74) is 2.94. The third-order valence-corrected chi connectivity index (χ3v) is 3.89. The maximum atomic E-state index is 12.3. The maximum absolute atomic E-state index is 12.3. The Morgan fingerprint density at radius 2 is 2.18 bits per heavy atom. The largest absolute Gasteiger partial charge is 0.378 e. The predicted octanol–water partition coefficient (Wildman–Crippen LogP) is 3.72. The van der Waals surface area contributed by atoms with Crippen LogP contribution in [0.2, 0.25) is 0 Å². The van der Waals surface area contributed by atoms with Crippen molar-refractivity contribution in [2.75, 3.05) is 12.4 Å². The van der Waals surface area contributed by atoms with Gasteiger partial charge >= 0.3 is 0 Å². The number of H-pyrrole nitrogens is 1. The lowest BCUT2D eigenvalue weighted by Gasteiger charge is -2.06. The van der Waals surface area contributed by atoms with Crippen LogP contribution >= 0.6 is 15.9 Å². The van der Waals surface area contributed by atoms with E-state index in [1.165, 1.54) is 0 Å². The Hall–Kier alpha value is -2.18. The number of anilines is 1. The molecule has 5 nitrogen and oxygen atoms in total. The predicted molar refractivity (Wildman–Crippen MR) is 88.9 cm³/mol. The Morgan fingerprint density at radius 1 is 1.36 bits per heavy atom. The van der Waals surface area contributed by atoms with Crippen LogP contribution in [0.1, 0.15) is 16.1 Å². The fourth-order valence-corrected chi connectivity index (χ4v) is 2.68. The molecule has 22 heavy (non-hydrogen) atoms. The minimum Gasteiger partial charge on any atom is -0.378 e. The molecule has 0 saturated heterocycles. The maximum Gasteiger partial charge on any atom is 0.256 e. The van der Waals surface area contributed by atoms with Gasteiger partial charge < -0.3 is 15.0 Å². The van der Waals surface area contributed by atoms with Crippen molar-refractivity contribution in [1.82, 2.24) is 9.97 Å². The Kier molecular flexibility index (Phi) is 4.22. The number of benzene rings is 1. The molecule has 3 aromatic rings. The third kappa shape index (κ3) is 3.03. The molecule has 6 heteroatoms. The number of ether oxygens (including phenoxy) is 1. The molecule has 3 rings (SSSR count). The van der Waals surface area contributed by atoms with Gasteiger partial charge in [0.2, 0.25) is 0 Å². The number of nitrogens with one attached hydrogen (secondary N) is 2. The molecule has 0 saturated carbocycles. The van der Waals surface area contributed by atoms with E-state index in [9.17, 15) is 4.79 Å². The van der Waals surface area contributed by atoms with Crippen LogP contribution in [0.4, 0.5) is 5.69 Å². The highest BCUT2D eigenvalue weighted by molar-refractivity contribution is 9.10. The number of aromatic nitrogens is 2. The smallest absolute Gasteiger partial charge is 0.256 e. The number of nitrogens with zero attached hydrogens (tertiary/aromatic N) is 1. The number of hydrogen-bond acceptors (Lipinski definition) is 3. The standard InChI is InChI=1S/C16H14BrN3O2/c1-22-9-12-7-10-6-11(8-18-15(10)19-12)20-16(21)13-4-2-3-5-14(13)17/h2-8H,9H2,1H3,(H,18,19)(H,20,21). The zero-order valence-electron chi connectivity index (χ0n) is 11.9. The Bertz CT molecular complexity index is 829. The number of pyridine rings is 1. The van der Waals surface area contributed by atoms with Gasteiger partial charge in [0, 0.05) is 22.7 Å². The molecule has 0 spiro atoms. The van der Waals surface area contributed by atoms with Crippen LogP contribution in [0.15, 0.2) is 47.1 Å². The molecule has 0 aliphatic carbocycles. The minimum absolute atomic E-state index is 0.179. The van der Waals surface area contributed by atoms with Gasteiger partial charge in [0.05, 0.1) is 24.1 Å². The molecular formula is C16H14BrN3O2. The van der Waals surface area contributed by atoms with Crippen molar-refractivity contribution in [1.29, 1.82) is 0 Å². The van der Waals surface area contributed by atoms with Crippen LogP contribution in [-0.2, 0) is 11.3 Å². The molecule has 0 unspecified atom stereocenters. The first-order valence-electron chi connectivity index (χ1n) is 6.70. The Labute approximate surface area is 135 Å². The molecule has 0 bridgehead atoms. The molecule has 2 heterocycles. The summed E-state index contributed by atoms with van der Waals surface area (Å²) in [5, 5.41) is 3.78. The van der Waals surface area contributed by atoms with Crippen LogP contribution in [0, 0.1) is 0 Å². The monoisotopic (exact) mass is 359 g/mol. The minimum atomic E-state index is -0.179. The fraction of sp³-hybridized carbons (Fsp3) is 0.125. The molecule has 112 valence electrons. The molecule has 0 fully saturated rings. The summed E-state index contributed by atoms with van der Waals surface area (Å²) < 4.78 is 5.84. The summed E-state index contributed by atoms with van der Waals surface area (Å²) in [6, 6.07) is 11.1. The van der Waals surface area contributed by atoms with Gasteiger partial charge in [0.25, 0.3) is 5.91 Å². The Morgan fingerprint density at radius 3 is 2.95 bits per heavy atom. The van der Waals surface area contributed by atoms with Crippen molar-refractivity contribution in [3.63, 3.8) is 0 Å². The quantitative estimate of drug-likeness (QED) is 0.745. The third-order valence-electron chi connectivity index (χ3n) is 3.20. The van der Waals surface area contributed by atoms with Gasteiger partial charge in [-0.15, -0.1) is 0 Å². The number of rotatable bonds is 4. The van der Waals surface area contributed by atoms with Gasteiger partial charge in [0.1, 0.15) is 5.65 Å². The Balaban J connectivity index is 1.84. The number of carbonyl (C=O) groups is 1. The lowest BCUT2D eigenvalue weighted by Crippen LogP contribution is -2.12. The number of halogens is 1. The van der Waals surface area contributed by atoms with E-state index in [1.54, 1.807) is 19.4 Å². The number of fused-ring (bicyclic) bond motifs is 1. The molecule has 0 aliphatic heterocycles. The molecule has 0 aliphatic rings. The van der Waals surface area contributed by atoms with Crippen LogP contribution in [0.25, 0.3) is 11.0 Å². The topological polar surface area (TPSA) is 67.0 Å². The van der Waals surface area contributed by atoms with Crippen LogP contribution in [0.5, 0.6) is 0 Å². The zero-order chi connectivity index (χ0) is 15.5. The lowest BCUT2D eigenvalue weighted by molar-refractivity contribution is 0.102. The van der Waals surface area contributed by atoms with E-state index in [4.69, 9.17) is 4.74 Å². The SMILES string of the molecule is COCc1cc2cc(NC(=O)c3ccccc3Br)cnc2[nH]1. The number of amides is 1. The van der Waals surface area contributed by atoms with E-state index < -0.39 is 0 Å². The first-order chi connectivity index (χ1) is 10.7. The lowest BCUT2D eigenvalue weighted by atomic mass is 10.2. The average molecular weight is 360 g/mol. The first-order valence-corrected chi connectivity index (χ1v) is 7.49. The van der Waals surface area contributed by atoms with E-state index in [0.29, 0.717) is 17.9 Å². The summed E-state index contributed by atoms with van der Waals surface area (Å²) in [7, 11) is 1.64. The van der Waals surface area contributed by atoms with E-state index in [2.05, 4.69) is 31.2 Å². The number of aromatic amines is 1. The van der Waals surface area contributed by atoms with Gasteiger partial charge in [-0.25, -0.2) is 4.98 Å². The summed E-state index contributed by atoms with van der Waals surface area (Å²) in [6.45, 7) is 0.495. The van der Waals surface area contributed by atoms with Gasteiger partial charge in [-0.05, 0) is 40.2 Å². The molecule has 2 aromatic heterocycles. The fourth-order valence-electron chi connectivity index (χ4n) is 2.22. The second-order valence-electron chi connectivity index (χ2n) is 4.82. The second-order valence-corrected chi connectivity index (χ2v) is 5.68. The van der Waals surface area contributed by atoms with Crippen molar-refractivity contribution < 1.29 is 9.53 Å². The summed E-state index contributed by atoms with van der Waals surface area (Å²) in [5.74, 6) is -0.179. The molecule has 1 aromatic carbocycles. The van der Waals surface area contributed by atoms with Crippen LogP contribution < -0.4 is 5.32 Å². The summed E-state index contributed by atoms with van der Waals surface area (Å²) in [6.07, 6.45) is 1.63. The highest BCUT2D eigenvalue weighted by Gasteiger charge is 2.10. The highest BCUT2D eigenvalue weighted by Crippen LogP contribution is 2.21. The average Bonchev–Trinajstić information content (AvgIpc) is 2.89. The first kappa shape index (κ1) is 14.7. The van der Waals surface area contributed by atoms with Gasteiger partial charge in [0.15, 0.2) is 0 Å². The molecule has 1 amide bonds. The molecule has 0 atom stereocenters. The van der Waals surface area contributed by atoms with Crippen LogP contribution in [-0.4, -0.2) is 23.0 Å². The normalized spacial score (nSPS) is 10.8. The molecule has 0 radical (unpaired) electrons. The van der Waals surface area contributed by atoms with E-state index in [0.717, 1.165) is 21.2 Å². The summed E-state index contributed by atoms with van der Waals surface area (Å²) >= 11 is 3.38. The van der Waals surface area contributed by atoms with Gasteiger partial charge in [-0.3, -0.25) is 4.79 Å². The molecule has 2 N–H and O–H groups in total. The molecular weight excluding hydrogens is 346 g/mol. The van der Waals surface area contributed by atoms with Crippen molar-refractivity contribution >= 4 is 38.6 Å². The number of methoxy groups -OCH3 is 1. The highest BCUT2D eigenvalue weighted by atomic mass is 79.9. The van der Waals surface area contributed by atoms with E-state index in [1.807, 2.05) is 30.3 Å². The van der Waals surface area contributed by atoms with Crippen LogP contribution in [0.3, 0.4) is 0 Å². The van der Waals surface area contributed by atoms with Crippen molar-refractivity contribution in [3.8, 4) is 0 Å². The van der Waals surface area contributed by atoms with E-state index >= 15 is 0 Å². The van der Waals surface area contributed by atoms with Crippen molar-refractivity contribution in [2.45, 2.75) is 6.61 Å². The van der Waals surface area contributed by atoms with Gasteiger partial charge in [-0.1, -0.05) is 12.1 Å². The number of carbonyl (C=O) groups excluding carboxylic acids is 1.